The molecule has 1 aromatic heterocycles. The fourth-order valence-corrected chi connectivity index (χ4v) is 4.95. The summed E-state index contributed by atoms with van der Waals surface area (Å²) in [5, 5.41) is 2.69. The molecule has 11 heteroatoms. The van der Waals surface area contributed by atoms with Crippen LogP contribution in [-0.2, 0) is 36.8 Å². The first-order valence-electron chi connectivity index (χ1n) is 12.1. The van der Waals surface area contributed by atoms with Crippen LogP contribution in [0, 0.1) is 0 Å². The molecule has 0 saturated heterocycles. The van der Waals surface area contributed by atoms with Gasteiger partial charge in [0.05, 0.1) is 25.7 Å². The lowest BCUT2D eigenvalue weighted by molar-refractivity contribution is -0.683. The van der Waals surface area contributed by atoms with E-state index in [1.165, 1.54) is 7.11 Å². The van der Waals surface area contributed by atoms with Gasteiger partial charge in [-0.15, -0.1) is 4.67 Å². The van der Waals surface area contributed by atoms with Crippen LogP contribution in [0.5, 0.6) is 11.5 Å². The molecule has 4 rings (SSSR count). The number of thiazole rings is 1. The zero-order chi connectivity index (χ0) is 27.5. The van der Waals surface area contributed by atoms with Crippen molar-refractivity contribution >= 4 is 31.2 Å². The topological polar surface area (TPSA) is 76.3 Å². The molecule has 1 heterocycles. The molecule has 0 aliphatic heterocycles. The second-order valence-electron chi connectivity index (χ2n) is 8.47. The monoisotopic (exact) mass is 590 g/mol. The molecule has 8 nitrogen and oxygen atoms in total. The molecule has 0 aliphatic carbocycles. The minimum absolute atomic E-state index is 0.0116. The van der Waals surface area contributed by atoms with Crippen molar-refractivity contribution in [1.29, 1.82) is 0 Å². The predicted octanol–water partition coefficient (Wildman–Crippen LogP) is 6.36. The average molecular weight is 591 g/mol. The molecule has 0 radical (unpaired) electrons. The SMILES string of the molecule is COc1cc(-c2ccc(Cl)cc2)ccc1COCC(COO[PH](=O)Oc1cccc(C[n+]2ccsc2)c1)OC. The molecule has 0 fully saturated rings. The minimum Gasteiger partial charge on any atom is -0.496 e. The van der Waals surface area contributed by atoms with Crippen LogP contribution in [0.2, 0.25) is 5.02 Å². The van der Waals surface area contributed by atoms with Crippen molar-refractivity contribution < 1.29 is 37.4 Å². The Morgan fingerprint density at radius 2 is 1.82 bits per heavy atom. The molecule has 0 bridgehead atoms. The van der Waals surface area contributed by atoms with E-state index in [1.807, 2.05) is 82.3 Å². The number of nitrogens with zero attached hydrogens (tertiary/aromatic N) is 1. The van der Waals surface area contributed by atoms with Gasteiger partial charge in [-0.2, -0.15) is 4.57 Å². The van der Waals surface area contributed by atoms with Crippen LogP contribution in [0.4, 0.5) is 0 Å². The van der Waals surface area contributed by atoms with E-state index in [1.54, 1.807) is 24.5 Å². The second-order valence-corrected chi connectivity index (χ2v) is 10.5. The Kier molecular flexibility index (Phi) is 11.4. The van der Waals surface area contributed by atoms with Crippen LogP contribution in [0.3, 0.4) is 0 Å². The fourth-order valence-electron chi connectivity index (χ4n) is 3.71. The van der Waals surface area contributed by atoms with Crippen molar-refractivity contribution in [2.24, 2.45) is 0 Å². The van der Waals surface area contributed by atoms with E-state index >= 15 is 0 Å². The highest BCUT2D eigenvalue weighted by molar-refractivity contribution is 7.33. The van der Waals surface area contributed by atoms with Crippen LogP contribution in [0.1, 0.15) is 11.1 Å². The van der Waals surface area contributed by atoms with E-state index in [4.69, 9.17) is 39.9 Å². The Balaban J connectivity index is 1.20. The first-order valence-corrected chi connectivity index (χ1v) is 14.6. The summed E-state index contributed by atoms with van der Waals surface area (Å²) in [4.78, 5) is 5.12. The zero-order valence-corrected chi connectivity index (χ0v) is 24.2. The third-order valence-electron chi connectivity index (χ3n) is 5.73. The summed E-state index contributed by atoms with van der Waals surface area (Å²) in [5.41, 5.74) is 5.96. The summed E-state index contributed by atoms with van der Waals surface area (Å²) < 4.78 is 41.4. The van der Waals surface area contributed by atoms with Gasteiger partial charge >= 0.3 is 8.25 Å². The van der Waals surface area contributed by atoms with E-state index < -0.39 is 14.4 Å². The Hall–Kier alpha value is -2.75. The van der Waals surface area contributed by atoms with Crippen LogP contribution in [0.25, 0.3) is 11.1 Å². The first-order chi connectivity index (χ1) is 19.0. The highest BCUT2D eigenvalue weighted by atomic mass is 35.5. The van der Waals surface area contributed by atoms with Crippen LogP contribution >= 0.6 is 31.2 Å². The Labute approximate surface area is 237 Å². The molecule has 2 unspecified atom stereocenters. The molecule has 39 heavy (non-hydrogen) atoms. The predicted molar refractivity (Wildman–Crippen MR) is 151 cm³/mol. The van der Waals surface area contributed by atoms with Crippen LogP contribution in [-0.4, -0.2) is 33.5 Å². The number of hydrogen-bond acceptors (Lipinski definition) is 8. The molecule has 0 amide bonds. The number of methoxy groups -OCH3 is 2. The molecule has 0 saturated carbocycles. The summed E-state index contributed by atoms with van der Waals surface area (Å²) in [7, 11) is 0.238. The smallest absolute Gasteiger partial charge is 0.394 e. The minimum atomic E-state index is -2.92. The molecule has 2 atom stereocenters. The van der Waals surface area contributed by atoms with Gasteiger partial charge in [0.2, 0.25) is 5.51 Å². The highest BCUT2D eigenvalue weighted by Crippen LogP contribution is 2.30. The molecule has 206 valence electrons. The van der Waals surface area contributed by atoms with E-state index in [9.17, 15) is 4.57 Å². The van der Waals surface area contributed by atoms with E-state index in [-0.39, 0.29) is 13.2 Å². The summed E-state index contributed by atoms with van der Waals surface area (Å²) in [6.45, 7) is 1.24. The molecule has 3 aromatic carbocycles. The first kappa shape index (κ1) is 29.2. The molecule has 0 N–H and O–H groups in total. The second kappa shape index (κ2) is 15.1. The highest BCUT2D eigenvalue weighted by Gasteiger charge is 2.13. The van der Waals surface area contributed by atoms with Gasteiger partial charge in [0.25, 0.3) is 0 Å². The lowest BCUT2D eigenvalue weighted by Gasteiger charge is -2.16. The van der Waals surface area contributed by atoms with E-state index in [0.717, 1.165) is 22.3 Å². The quantitative estimate of drug-likeness (QED) is 0.0690. The molecular formula is C28H30ClNO7PS+. The standard InChI is InChI=1S/C28H30ClNO7PS/c1-32-27(18-34-17-24-7-6-23(15-28(24)33-2)22-8-10-25(29)11-9-22)19-35-37-38(31)36-26-5-3-4-21(14-26)16-30-12-13-39-20-30/h3-15,20,27,38H,16-19H2,1-2H3/q+1. The van der Waals surface area contributed by atoms with Gasteiger partial charge in [0.1, 0.15) is 24.2 Å². The largest absolute Gasteiger partial charge is 0.496 e. The summed E-state index contributed by atoms with van der Waals surface area (Å²) in [5.74, 6) is 1.16. The van der Waals surface area contributed by atoms with Crippen molar-refractivity contribution in [3.8, 4) is 22.6 Å². The van der Waals surface area contributed by atoms with Gasteiger partial charge in [0.15, 0.2) is 12.7 Å². The Morgan fingerprint density at radius 1 is 1.00 bits per heavy atom. The number of aromatic nitrogens is 1. The van der Waals surface area contributed by atoms with Crippen LogP contribution in [0.15, 0.2) is 83.8 Å². The Bertz CT molecular complexity index is 1340. The maximum absolute atomic E-state index is 12.2. The van der Waals surface area contributed by atoms with Gasteiger partial charge in [-0.1, -0.05) is 59.3 Å². The van der Waals surface area contributed by atoms with Crippen LogP contribution < -0.4 is 13.8 Å². The number of hydrogen-bond donors (Lipinski definition) is 0. The van der Waals surface area contributed by atoms with Gasteiger partial charge in [0, 0.05) is 23.3 Å². The summed E-state index contributed by atoms with van der Waals surface area (Å²) >= 11 is 7.61. The zero-order valence-electron chi connectivity index (χ0n) is 21.6. The average Bonchev–Trinajstić information content (AvgIpc) is 3.46. The van der Waals surface area contributed by atoms with Gasteiger partial charge in [-0.3, -0.25) is 0 Å². The van der Waals surface area contributed by atoms with Crippen molar-refractivity contribution in [2.75, 3.05) is 27.4 Å². The van der Waals surface area contributed by atoms with Gasteiger partial charge in [-0.25, -0.2) is 9.45 Å². The number of halogens is 1. The fraction of sp³-hybridized carbons (Fsp3) is 0.250. The normalized spacial score (nSPS) is 12.7. The molecule has 0 aliphatic rings. The summed E-state index contributed by atoms with van der Waals surface area (Å²) in [6.07, 6.45) is 1.55. The summed E-state index contributed by atoms with van der Waals surface area (Å²) in [6, 6.07) is 20.9. The van der Waals surface area contributed by atoms with Crippen molar-refractivity contribution in [3.05, 3.63) is 100.0 Å². The van der Waals surface area contributed by atoms with E-state index in [0.29, 0.717) is 29.7 Å². The number of benzene rings is 3. The third kappa shape index (κ3) is 9.15. The van der Waals surface area contributed by atoms with Crippen molar-refractivity contribution in [3.63, 3.8) is 0 Å². The molecule has 4 aromatic rings. The third-order valence-corrected chi connectivity index (χ3v) is 7.31. The number of rotatable bonds is 15. The lowest BCUT2D eigenvalue weighted by Crippen LogP contribution is -2.30. The maximum Gasteiger partial charge on any atom is 0.394 e. The molecular weight excluding hydrogens is 561 g/mol. The van der Waals surface area contributed by atoms with E-state index in [2.05, 4.69) is 0 Å². The maximum atomic E-state index is 12.2. The number of ether oxygens (including phenoxy) is 3. The lowest BCUT2D eigenvalue weighted by atomic mass is 10.0. The Morgan fingerprint density at radius 3 is 2.56 bits per heavy atom. The van der Waals surface area contributed by atoms with Gasteiger partial charge in [-0.05, 0) is 41.5 Å². The molecule has 0 spiro atoms. The van der Waals surface area contributed by atoms with Crippen molar-refractivity contribution in [2.45, 2.75) is 19.3 Å². The van der Waals surface area contributed by atoms with Crippen molar-refractivity contribution in [1.82, 2.24) is 0 Å². The van der Waals surface area contributed by atoms with Gasteiger partial charge < -0.3 is 18.7 Å².